The van der Waals surface area contributed by atoms with Gasteiger partial charge in [0.15, 0.2) is 0 Å². The van der Waals surface area contributed by atoms with E-state index in [2.05, 4.69) is 73.9 Å². The van der Waals surface area contributed by atoms with Crippen LogP contribution in [-0.4, -0.2) is 13.1 Å². The van der Waals surface area contributed by atoms with Crippen molar-refractivity contribution in [2.75, 3.05) is 7.05 Å². The number of rotatable bonds is 4. The lowest BCUT2D eigenvalue weighted by Crippen LogP contribution is -2.46. The number of nitrogens with one attached hydrogen (secondary N) is 1. The van der Waals surface area contributed by atoms with Crippen LogP contribution in [0.3, 0.4) is 0 Å². The topological polar surface area (TPSA) is 12.0 Å². The van der Waals surface area contributed by atoms with Crippen molar-refractivity contribution in [3.05, 3.63) is 71.3 Å². The summed E-state index contributed by atoms with van der Waals surface area (Å²) < 4.78 is 0. The quantitative estimate of drug-likeness (QED) is 0.883. The minimum absolute atomic E-state index is 0.126. The van der Waals surface area contributed by atoms with Crippen LogP contribution in [0.4, 0.5) is 0 Å². The molecule has 1 aliphatic rings. The molecule has 0 amide bonds. The molecule has 0 heterocycles. The number of hydrogen-bond acceptors (Lipinski definition) is 1. The van der Waals surface area contributed by atoms with E-state index in [-0.39, 0.29) is 5.41 Å². The molecule has 0 bridgehead atoms. The molecule has 0 aromatic heterocycles. The van der Waals surface area contributed by atoms with Crippen molar-refractivity contribution in [3.63, 3.8) is 0 Å². The van der Waals surface area contributed by atoms with Crippen LogP contribution in [0.2, 0.25) is 0 Å². The van der Waals surface area contributed by atoms with Gasteiger partial charge < -0.3 is 5.32 Å². The van der Waals surface area contributed by atoms with E-state index in [4.69, 9.17) is 0 Å². The summed E-state index contributed by atoms with van der Waals surface area (Å²) in [5, 5.41) is 3.57. The maximum Gasteiger partial charge on any atom is 0.0361 e. The maximum absolute atomic E-state index is 3.57. The van der Waals surface area contributed by atoms with Gasteiger partial charge in [-0.05, 0) is 43.0 Å². The number of benzene rings is 2. The maximum atomic E-state index is 3.57. The summed E-state index contributed by atoms with van der Waals surface area (Å²) in [7, 11) is 2.10. The minimum atomic E-state index is 0.126. The number of hydrogen-bond donors (Lipinski definition) is 1. The summed E-state index contributed by atoms with van der Waals surface area (Å²) in [5.74, 6) is 0. The van der Waals surface area contributed by atoms with E-state index in [9.17, 15) is 0 Å². The normalized spacial score (nSPS) is 22.5. The first-order valence-corrected chi connectivity index (χ1v) is 7.64. The zero-order valence-corrected chi connectivity index (χ0v) is 12.4. The van der Waals surface area contributed by atoms with Crippen molar-refractivity contribution >= 4 is 0 Å². The Hall–Kier alpha value is -1.60. The molecular formula is C19H23N. The van der Waals surface area contributed by atoms with Crippen LogP contribution in [0.5, 0.6) is 0 Å². The van der Waals surface area contributed by atoms with Crippen molar-refractivity contribution in [2.45, 2.75) is 37.6 Å². The minimum Gasteiger partial charge on any atom is -0.316 e. The van der Waals surface area contributed by atoms with Gasteiger partial charge in [-0.1, -0.05) is 61.5 Å². The molecule has 2 aromatic rings. The van der Waals surface area contributed by atoms with Crippen LogP contribution < -0.4 is 5.32 Å². The molecule has 1 heteroatoms. The third kappa shape index (κ3) is 1.89. The van der Waals surface area contributed by atoms with E-state index in [0.29, 0.717) is 6.04 Å². The third-order valence-corrected chi connectivity index (χ3v) is 4.93. The average molecular weight is 265 g/mol. The van der Waals surface area contributed by atoms with Crippen LogP contribution in [0.1, 0.15) is 36.5 Å². The zero-order valence-electron chi connectivity index (χ0n) is 12.4. The molecule has 104 valence electrons. The van der Waals surface area contributed by atoms with Crippen molar-refractivity contribution in [1.82, 2.24) is 5.32 Å². The van der Waals surface area contributed by atoms with Crippen molar-refractivity contribution in [3.8, 4) is 0 Å². The van der Waals surface area contributed by atoms with Gasteiger partial charge in [0.25, 0.3) is 0 Å². The van der Waals surface area contributed by atoms with Crippen molar-refractivity contribution in [1.29, 1.82) is 0 Å². The molecular weight excluding hydrogens is 242 g/mol. The fraction of sp³-hybridized carbons (Fsp3) is 0.368. The smallest absolute Gasteiger partial charge is 0.0361 e. The summed E-state index contributed by atoms with van der Waals surface area (Å²) in [4.78, 5) is 0. The second-order valence-corrected chi connectivity index (χ2v) is 5.74. The van der Waals surface area contributed by atoms with Gasteiger partial charge in [-0.3, -0.25) is 0 Å². The molecule has 0 spiro atoms. The highest BCUT2D eigenvalue weighted by Gasteiger charge is 2.44. The fourth-order valence-corrected chi connectivity index (χ4v) is 4.04. The first kappa shape index (κ1) is 13.4. The molecule has 0 saturated carbocycles. The van der Waals surface area contributed by atoms with Gasteiger partial charge in [-0.2, -0.15) is 0 Å². The molecule has 1 aliphatic carbocycles. The predicted molar refractivity (Wildman–Crippen MR) is 85.1 cm³/mol. The summed E-state index contributed by atoms with van der Waals surface area (Å²) in [6, 6.07) is 20.5. The zero-order chi connectivity index (χ0) is 14.0. The predicted octanol–water partition coefficient (Wildman–Crippen LogP) is 3.92. The Morgan fingerprint density at radius 3 is 2.45 bits per heavy atom. The number of likely N-dealkylation sites (N-methyl/N-ethyl adjacent to an activating group) is 1. The number of fused-ring (bicyclic) bond motifs is 1. The standard InChI is InChI=1S/C19H23N/c1-3-18(20-2)19(16-10-5-4-6-11-16)14-13-15-9-7-8-12-17(15)19/h4-12,18,20H,3,13-14H2,1-2H3. The Morgan fingerprint density at radius 2 is 1.75 bits per heavy atom. The van der Waals surface area contributed by atoms with E-state index in [1.165, 1.54) is 29.5 Å². The SMILES string of the molecule is CCC(NC)C1(c2ccccc2)CCc2ccccc21. The second kappa shape index (κ2) is 5.41. The lowest BCUT2D eigenvalue weighted by molar-refractivity contribution is 0.348. The largest absolute Gasteiger partial charge is 0.316 e. The van der Waals surface area contributed by atoms with Gasteiger partial charge in [-0.15, -0.1) is 0 Å². The van der Waals surface area contributed by atoms with Gasteiger partial charge in [0.05, 0.1) is 0 Å². The lowest BCUT2D eigenvalue weighted by Gasteiger charge is -2.39. The van der Waals surface area contributed by atoms with Gasteiger partial charge >= 0.3 is 0 Å². The highest BCUT2D eigenvalue weighted by atomic mass is 14.9. The Labute approximate surface area is 122 Å². The Balaban J connectivity index is 2.21. The molecule has 20 heavy (non-hydrogen) atoms. The first-order chi connectivity index (χ1) is 9.82. The van der Waals surface area contributed by atoms with Crippen LogP contribution in [0.25, 0.3) is 0 Å². The van der Waals surface area contributed by atoms with Crippen LogP contribution in [-0.2, 0) is 11.8 Å². The van der Waals surface area contributed by atoms with E-state index in [1.807, 2.05) is 0 Å². The van der Waals surface area contributed by atoms with E-state index < -0.39 is 0 Å². The molecule has 2 atom stereocenters. The molecule has 1 nitrogen and oxygen atoms in total. The molecule has 0 saturated heterocycles. The van der Waals surface area contributed by atoms with E-state index in [1.54, 1.807) is 0 Å². The summed E-state index contributed by atoms with van der Waals surface area (Å²) in [5.41, 5.74) is 4.62. The van der Waals surface area contributed by atoms with Crippen molar-refractivity contribution in [2.24, 2.45) is 0 Å². The molecule has 0 radical (unpaired) electrons. The van der Waals surface area contributed by atoms with Crippen LogP contribution >= 0.6 is 0 Å². The third-order valence-electron chi connectivity index (χ3n) is 4.93. The highest BCUT2D eigenvalue weighted by Crippen LogP contribution is 2.47. The van der Waals surface area contributed by atoms with Gasteiger partial charge in [0, 0.05) is 11.5 Å². The molecule has 2 unspecified atom stereocenters. The van der Waals surface area contributed by atoms with Crippen LogP contribution in [0, 0.1) is 0 Å². The van der Waals surface area contributed by atoms with Gasteiger partial charge in [0.1, 0.15) is 0 Å². The van der Waals surface area contributed by atoms with Gasteiger partial charge in [-0.25, -0.2) is 0 Å². The average Bonchev–Trinajstić information content (AvgIpc) is 2.90. The second-order valence-electron chi connectivity index (χ2n) is 5.74. The first-order valence-electron chi connectivity index (χ1n) is 7.64. The van der Waals surface area contributed by atoms with E-state index >= 15 is 0 Å². The highest BCUT2D eigenvalue weighted by molar-refractivity contribution is 5.49. The lowest BCUT2D eigenvalue weighted by atomic mass is 9.69. The van der Waals surface area contributed by atoms with Crippen molar-refractivity contribution < 1.29 is 0 Å². The Bertz CT molecular complexity index is 571. The van der Waals surface area contributed by atoms with Gasteiger partial charge in [0.2, 0.25) is 0 Å². The van der Waals surface area contributed by atoms with Crippen LogP contribution in [0.15, 0.2) is 54.6 Å². The summed E-state index contributed by atoms with van der Waals surface area (Å²) in [6.45, 7) is 2.28. The molecule has 2 aromatic carbocycles. The molecule has 3 rings (SSSR count). The number of aryl methyl sites for hydroxylation is 1. The Morgan fingerprint density at radius 1 is 1.05 bits per heavy atom. The molecule has 1 N–H and O–H groups in total. The monoisotopic (exact) mass is 265 g/mol. The summed E-state index contributed by atoms with van der Waals surface area (Å²) in [6.07, 6.45) is 3.53. The molecule has 0 fully saturated rings. The fourth-order valence-electron chi connectivity index (χ4n) is 4.04. The summed E-state index contributed by atoms with van der Waals surface area (Å²) >= 11 is 0. The van der Waals surface area contributed by atoms with E-state index in [0.717, 1.165) is 6.42 Å². The Kier molecular flexibility index (Phi) is 3.62. The molecule has 0 aliphatic heterocycles.